The van der Waals surface area contributed by atoms with Gasteiger partial charge in [0, 0.05) is 14.3 Å². The Morgan fingerprint density at radius 2 is 1.71 bits per heavy atom. The van der Waals surface area contributed by atoms with E-state index in [1.165, 1.54) is 6.07 Å². The Morgan fingerprint density at radius 1 is 1.03 bits per heavy atom. The summed E-state index contributed by atoms with van der Waals surface area (Å²) in [5, 5.41) is 2.67. The Kier molecular flexibility index (Phi) is 7.42. The van der Waals surface area contributed by atoms with Crippen LogP contribution in [0.3, 0.4) is 0 Å². The van der Waals surface area contributed by atoms with Crippen LogP contribution in [0.15, 0.2) is 66.7 Å². The first-order chi connectivity index (χ1) is 14.7. The lowest BCUT2D eigenvalue weighted by Gasteiger charge is -2.16. The number of hydrogen-bond donors (Lipinski definition) is 3. The van der Waals surface area contributed by atoms with Gasteiger partial charge in [0.15, 0.2) is 11.2 Å². The molecule has 0 fully saturated rings. The largest absolute Gasteiger partial charge is 0.481 e. The number of amides is 2. The van der Waals surface area contributed by atoms with Gasteiger partial charge >= 0.3 is 5.63 Å². The fourth-order valence-corrected chi connectivity index (χ4v) is 3.23. The van der Waals surface area contributed by atoms with E-state index in [0.717, 1.165) is 8.95 Å². The van der Waals surface area contributed by atoms with E-state index < -0.39 is 23.5 Å². The fourth-order valence-electron chi connectivity index (χ4n) is 2.45. The van der Waals surface area contributed by atoms with Crippen molar-refractivity contribution in [3.05, 3.63) is 73.5 Å². The quantitative estimate of drug-likeness (QED) is 0.251. The molecule has 1 unspecified atom stereocenters. The van der Waals surface area contributed by atoms with Crippen LogP contribution in [0.5, 0.6) is 5.75 Å². The van der Waals surface area contributed by atoms with Crippen molar-refractivity contribution in [1.29, 1.82) is 0 Å². The van der Waals surface area contributed by atoms with Crippen molar-refractivity contribution in [2.75, 3.05) is 0 Å². The average Bonchev–Trinajstić information content (AvgIpc) is 2.73. The zero-order valence-corrected chi connectivity index (χ0v) is 19.9. The van der Waals surface area contributed by atoms with Crippen LogP contribution in [-0.2, 0) is 4.79 Å². The minimum Gasteiger partial charge on any atom is -0.481 e. The molecule has 3 N–H and O–H groups in total. The minimum absolute atomic E-state index is 0.206. The van der Waals surface area contributed by atoms with E-state index in [2.05, 4.69) is 48.0 Å². The Morgan fingerprint density at radius 3 is 2.42 bits per heavy atom. The molecule has 0 aliphatic carbocycles. The van der Waals surface area contributed by atoms with E-state index in [1.807, 2.05) is 0 Å². The van der Waals surface area contributed by atoms with Crippen molar-refractivity contribution in [2.24, 2.45) is 0 Å². The van der Waals surface area contributed by atoms with Crippen LogP contribution in [0, 0.1) is 0 Å². The summed E-state index contributed by atoms with van der Waals surface area (Å²) in [6, 6.07) is 13.4. The van der Waals surface area contributed by atoms with Crippen LogP contribution in [0.4, 0.5) is 0 Å². The molecule has 1 aromatic heterocycles. The number of carbonyl (C=O) groups excluding carboxylic acids is 2. The van der Waals surface area contributed by atoms with Gasteiger partial charge in [0.1, 0.15) is 16.9 Å². The molecule has 0 aliphatic heterocycles. The molecule has 31 heavy (non-hydrogen) atoms. The second-order valence-corrected chi connectivity index (χ2v) is 8.48. The van der Waals surface area contributed by atoms with Gasteiger partial charge in [0.2, 0.25) is 0 Å². The minimum atomic E-state index is -0.835. The van der Waals surface area contributed by atoms with Gasteiger partial charge in [-0.3, -0.25) is 25.8 Å². The molecule has 1 atom stereocenters. The van der Waals surface area contributed by atoms with Crippen LogP contribution >= 0.6 is 44.1 Å². The van der Waals surface area contributed by atoms with Crippen LogP contribution in [-0.4, -0.2) is 23.0 Å². The highest BCUT2D eigenvalue weighted by Crippen LogP contribution is 2.19. The Balaban J connectivity index is 1.56. The molecule has 0 radical (unpaired) electrons. The maximum Gasteiger partial charge on any atom is 0.349 e. The number of benzene rings is 2. The summed E-state index contributed by atoms with van der Waals surface area (Å²) in [6.45, 7) is 1.55. The van der Waals surface area contributed by atoms with E-state index >= 15 is 0 Å². The average molecular weight is 569 g/mol. The first-order valence-corrected chi connectivity index (χ1v) is 10.8. The summed E-state index contributed by atoms with van der Waals surface area (Å²) in [5.41, 5.74) is 4.04. The predicted molar refractivity (Wildman–Crippen MR) is 126 cm³/mol. The van der Waals surface area contributed by atoms with Crippen molar-refractivity contribution in [3.63, 3.8) is 0 Å². The second-order valence-electron chi connectivity index (χ2n) is 6.24. The molecule has 0 saturated heterocycles. The smallest absolute Gasteiger partial charge is 0.349 e. The number of rotatable bonds is 4. The highest BCUT2D eigenvalue weighted by Gasteiger charge is 2.17. The number of carbonyl (C=O) groups is 2. The summed E-state index contributed by atoms with van der Waals surface area (Å²) in [6.07, 6.45) is -0.835. The van der Waals surface area contributed by atoms with Crippen molar-refractivity contribution in [3.8, 4) is 5.75 Å². The lowest BCUT2D eigenvalue weighted by Crippen LogP contribution is -2.51. The van der Waals surface area contributed by atoms with Crippen molar-refractivity contribution < 1.29 is 18.7 Å². The summed E-state index contributed by atoms with van der Waals surface area (Å²) < 4.78 is 12.3. The molecule has 3 aromatic rings. The molecule has 0 spiro atoms. The molecule has 8 nitrogen and oxygen atoms in total. The third-order valence-corrected chi connectivity index (χ3v) is 5.19. The first-order valence-electron chi connectivity index (χ1n) is 8.80. The summed E-state index contributed by atoms with van der Waals surface area (Å²) >= 11 is 11.6. The Labute approximate surface area is 198 Å². The summed E-state index contributed by atoms with van der Waals surface area (Å²) in [4.78, 5) is 36.7. The summed E-state index contributed by atoms with van der Waals surface area (Å²) in [5.74, 6) is -0.785. The number of hydrogen-bond acceptors (Lipinski definition) is 6. The number of nitrogens with one attached hydrogen (secondary N) is 3. The van der Waals surface area contributed by atoms with Crippen LogP contribution in [0.2, 0.25) is 0 Å². The molecule has 0 aliphatic rings. The van der Waals surface area contributed by atoms with Gasteiger partial charge < -0.3 is 9.15 Å². The van der Waals surface area contributed by atoms with Gasteiger partial charge in [0.25, 0.3) is 11.8 Å². The number of ether oxygens (including phenoxy) is 1. The molecule has 0 saturated carbocycles. The topological polar surface area (TPSA) is 110 Å². The maximum atomic E-state index is 12.4. The standard InChI is InChI=1S/C20H15Br2N3O5S/c1-10(29-14-5-2-12(21)3-6-14)17(26)24-25-20(31)23-18(27)15-9-11-8-13(22)4-7-16(11)30-19(15)28/h2-10H,1H3,(H,24,26)(H2,23,25,27,31). The van der Waals surface area contributed by atoms with Crippen LogP contribution < -0.4 is 26.5 Å². The zero-order valence-electron chi connectivity index (χ0n) is 15.9. The maximum absolute atomic E-state index is 12.4. The van der Waals surface area contributed by atoms with Gasteiger partial charge in [-0.15, -0.1) is 0 Å². The van der Waals surface area contributed by atoms with Crippen molar-refractivity contribution in [1.82, 2.24) is 16.2 Å². The normalized spacial score (nSPS) is 11.5. The molecule has 11 heteroatoms. The number of thiocarbonyl (C=S) groups is 1. The molecular weight excluding hydrogens is 554 g/mol. The molecule has 1 heterocycles. The molecular formula is C20H15Br2N3O5S. The van der Waals surface area contributed by atoms with Gasteiger partial charge in [-0.25, -0.2) is 4.79 Å². The van der Waals surface area contributed by atoms with Gasteiger partial charge in [0.05, 0.1) is 0 Å². The number of halogens is 2. The molecule has 2 aromatic carbocycles. The van der Waals surface area contributed by atoms with E-state index in [9.17, 15) is 14.4 Å². The number of fused-ring (bicyclic) bond motifs is 1. The van der Waals surface area contributed by atoms with Gasteiger partial charge in [-0.1, -0.05) is 31.9 Å². The Bertz CT molecular complexity index is 1210. The highest BCUT2D eigenvalue weighted by molar-refractivity contribution is 9.10. The van der Waals surface area contributed by atoms with E-state index in [1.54, 1.807) is 49.4 Å². The van der Waals surface area contributed by atoms with Crippen molar-refractivity contribution >= 4 is 72.0 Å². The lowest BCUT2D eigenvalue weighted by atomic mass is 10.2. The van der Waals surface area contributed by atoms with Crippen LogP contribution in [0.25, 0.3) is 11.0 Å². The third kappa shape index (κ3) is 6.12. The number of hydrazine groups is 1. The van der Waals surface area contributed by atoms with Crippen molar-refractivity contribution in [2.45, 2.75) is 13.0 Å². The SMILES string of the molecule is CC(Oc1ccc(Br)cc1)C(=O)NNC(=S)NC(=O)c1cc2cc(Br)ccc2oc1=O. The van der Waals surface area contributed by atoms with Crippen LogP contribution in [0.1, 0.15) is 17.3 Å². The van der Waals surface area contributed by atoms with E-state index in [-0.39, 0.29) is 10.7 Å². The lowest BCUT2D eigenvalue weighted by molar-refractivity contribution is -0.127. The van der Waals surface area contributed by atoms with Gasteiger partial charge in [-0.05, 0) is 67.7 Å². The third-order valence-electron chi connectivity index (χ3n) is 3.96. The summed E-state index contributed by atoms with van der Waals surface area (Å²) in [7, 11) is 0. The molecule has 2 amide bonds. The van der Waals surface area contributed by atoms with E-state index in [0.29, 0.717) is 16.7 Å². The highest BCUT2D eigenvalue weighted by atomic mass is 79.9. The molecule has 160 valence electrons. The molecule has 0 bridgehead atoms. The Hall–Kier alpha value is -2.76. The molecule has 3 rings (SSSR count). The van der Waals surface area contributed by atoms with E-state index in [4.69, 9.17) is 21.4 Å². The zero-order chi connectivity index (χ0) is 22.5. The predicted octanol–water partition coefficient (Wildman–Crippen LogP) is 3.42. The van der Waals surface area contributed by atoms with Gasteiger partial charge in [-0.2, -0.15) is 0 Å². The fraction of sp³-hybridized carbons (Fsp3) is 0.100. The first kappa shape index (κ1) is 22.9. The second kappa shape index (κ2) is 10.0. The monoisotopic (exact) mass is 567 g/mol.